The Hall–Kier alpha value is -1.58. The largest absolute Gasteiger partial charge is 0.322 e. The number of anilines is 2. The summed E-state index contributed by atoms with van der Waals surface area (Å²) in [6.07, 6.45) is 0. The minimum atomic E-state index is -0.660. The van der Waals surface area contributed by atoms with Crippen molar-refractivity contribution in [3.05, 3.63) is 60.7 Å². The summed E-state index contributed by atoms with van der Waals surface area (Å²) < 4.78 is 6.15. The average Bonchev–Trinajstić information content (AvgIpc) is 2.40. The normalized spacial score (nSPS) is 11.9. The molecule has 0 unspecified atom stereocenters. The molecular formula is C16H21NOSi. The fraction of sp³-hybridized carbons (Fsp3) is 0.250. The Labute approximate surface area is 117 Å². The highest BCUT2D eigenvalue weighted by molar-refractivity contribution is 6.32. The van der Waals surface area contributed by atoms with E-state index in [1.165, 1.54) is 0 Å². The number of hydrogen-bond acceptors (Lipinski definition) is 2. The van der Waals surface area contributed by atoms with Gasteiger partial charge in [-0.25, -0.2) is 5.06 Å². The van der Waals surface area contributed by atoms with Gasteiger partial charge in [0.2, 0.25) is 9.76 Å². The Kier molecular flexibility index (Phi) is 4.40. The highest BCUT2D eigenvalue weighted by Crippen LogP contribution is 2.28. The number of benzene rings is 2. The lowest BCUT2D eigenvalue weighted by Crippen LogP contribution is -2.24. The summed E-state index contributed by atoms with van der Waals surface area (Å²) in [6, 6.07) is 20.5. The first-order chi connectivity index (χ1) is 9.06. The molecule has 0 radical (unpaired) electrons. The SMILES string of the molecule is CC(C)(C)[SiH2]ON(c1ccccc1)c1ccccc1. The predicted molar refractivity (Wildman–Crippen MR) is 84.4 cm³/mol. The predicted octanol–water partition coefficient (Wildman–Crippen LogP) is 4.06. The molecule has 0 aliphatic heterocycles. The number of rotatable bonds is 4. The van der Waals surface area contributed by atoms with Crippen LogP contribution in [-0.4, -0.2) is 9.76 Å². The second-order valence-electron chi connectivity index (χ2n) is 5.80. The van der Waals surface area contributed by atoms with Gasteiger partial charge in [-0.1, -0.05) is 57.2 Å². The minimum Gasteiger partial charge on any atom is -0.322 e. The second-order valence-corrected chi connectivity index (χ2v) is 8.47. The van der Waals surface area contributed by atoms with E-state index in [2.05, 4.69) is 45.0 Å². The van der Waals surface area contributed by atoms with Crippen LogP contribution in [0.25, 0.3) is 0 Å². The van der Waals surface area contributed by atoms with Gasteiger partial charge in [0.15, 0.2) is 0 Å². The van der Waals surface area contributed by atoms with Crippen LogP contribution < -0.4 is 5.06 Å². The van der Waals surface area contributed by atoms with Crippen molar-refractivity contribution < 1.29 is 4.53 Å². The Balaban J connectivity index is 2.24. The van der Waals surface area contributed by atoms with Gasteiger partial charge in [0.05, 0.1) is 11.4 Å². The van der Waals surface area contributed by atoms with Crippen LogP contribution in [0.4, 0.5) is 11.4 Å². The van der Waals surface area contributed by atoms with Crippen molar-refractivity contribution in [1.82, 2.24) is 0 Å². The fourth-order valence-corrected chi connectivity index (χ4v) is 2.50. The average molecular weight is 271 g/mol. The molecule has 0 saturated heterocycles. The standard InChI is InChI=1S/C16H21NOSi/c1-16(2,3)19-18-17(14-10-6-4-7-11-14)15-12-8-5-9-13-15/h4-13H,19H2,1-3H3. The smallest absolute Gasteiger partial charge is 0.205 e. The van der Waals surface area contributed by atoms with E-state index in [-0.39, 0.29) is 5.04 Å². The molecule has 19 heavy (non-hydrogen) atoms. The lowest BCUT2D eigenvalue weighted by atomic mass is 10.2. The first-order valence-electron chi connectivity index (χ1n) is 6.59. The zero-order chi connectivity index (χ0) is 13.7. The molecule has 3 heteroatoms. The van der Waals surface area contributed by atoms with Gasteiger partial charge in [-0.15, -0.1) is 0 Å². The highest BCUT2D eigenvalue weighted by atomic mass is 28.2. The molecule has 0 saturated carbocycles. The maximum Gasteiger partial charge on any atom is 0.205 e. The van der Waals surface area contributed by atoms with Crippen molar-refractivity contribution in [1.29, 1.82) is 0 Å². The van der Waals surface area contributed by atoms with Crippen LogP contribution in [0.3, 0.4) is 0 Å². The van der Waals surface area contributed by atoms with Gasteiger partial charge in [0.1, 0.15) is 0 Å². The van der Waals surface area contributed by atoms with E-state index in [4.69, 9.17) is 4.53 Å². The molecular weight excluding hydrogens is 250 g/mol. The van der Waals surface area contributed by atoms with Crippen molar-refractivity contribution >= 4 is 21.1 Å². The maximum atomic E-state index is 6.15. The zero-order valence-corrected chi connectivity index (χ0v) is 13.3. The van der Waals surface area contributed by atoms with Crippen LogP contribution in [0.15, 0.2) is 60.7 Å². The number of nitrogens with zero attached hydrogens (tertiary/aromatic N) is 1. The summed E-state index contributed by atoms with van der Waals surface area (Å²) in [6.45, 7) is 6.69. The van der Waals surface area contributed by atoms with Crippen LogP contribution in [-0.2, 0) is 4.53 Å². The van der Waals surface area contributed by atoms with Crippen LogP contribution in [0.1, 0.15) is 20.8 Å². The van der Waals surface area contributed by atoms with Crippen LogP contribution >= 0.6 is 0 Å². The summed E-state index contributed by atoms with van der Waals surface area (Å²) in [5.41, 5.74) is 2.15. The molecule has 0 bridgehead atoms. The third-order valence-electron chi connectivity index (χ3n) is 2.61. The first kappa shape index (κ1) is 13.8. The molecule has 2 nitrogen and oxygen atoms in total. The monoisotopic (exact) mass is 271 g/mol. The van der Waals surface area contributed by atoms with Gasteiger partial charge in [0.25, 0.3) is 0 Å². The maximum absolute atomic E-state index is 6.15. The molecule has 2 aromatic rings. The Bertz CT molecular complexity index is 454. The molecule has 0 spiro atoms. The molecule has 100 valence electrons. The highest BCUT2D eigenvalue weighted by Gasteiger charge is 2.16. The summed E-state index contributed by atoms with van der Waals surface area (Å²) in [4.78, 5) is 0. The summed E-state index contributed by atoms with van der Waals surface area (Å²) >= 11 is 0. The Morgan fingerprint density at radius 3 is 1.58 bits per heavy atom. The quantitative estimate of drug-likeness (QED) is 0.614. The van der Waals surface area contributed by atoms with Gasteiger partial charge in [-0.05, 0) is 29.3 Å². The zero-order valence-electron chi connectivity index (χ0n) is 11.8. The van der Waals surface area contributed by atoms with Gasteiger partial charge < -0.3 is 4.53 Å². The number of para-hydroxylation sites is 2. The van der Waals surface area contributed by atoms with E-state index in [0.29, 0.717) is 0 Å². The van der Waals surface area contributed by atoms with Crippen molar-refractivity contribution in [2.24, 2.45) is 0 Å². The fourth-order valence-electron chi connectivity index (χ4n) is 1.68. The molecule has 0 aliphatic rings. The van der Waals surface area contributed by atoms with Crippen molar-refractivity contribution in [2.75, 3.05) is 5.06 Å². The van der Waals surface area contributed by atoms with Crippen molar-refractivity contribution in [3.63, 3.8) is 0 Å². The van der Waals surface area contributed by atoms with Gasteiger partial charge in [0, 0.05) is 0 Å². The van der Waals surface area contributed by atoms with E-state index >= 15 is 0 Å². The third kappa shape index (κ3) is 4.23. The first-order valence-corrected chi connectivity index (χ1v) is 7.88. The molecule has 0 heterocycles. The molecule has 0 atom stereocenters. The third-order valence-corrected chi connectivity index (χ3v) is 3.86. The van der Waals surface area contributed by atoms with E-state index < -0.39 is 9.76 Å². The lowest BCUT2D eigenvalue weighted by molar-refractivity contribution is 0.327. The second kappa shape index (κ2) is 6.04. The minimum absolute atomic E-state index is 0.266. The van der Waals surface area contributed by atoms with Gasteiger partial charge >= 0.3 is 0 Å². The van der Waals surface area contributed by atoms with Crippen molar-refractivity contribution in [2.45, 2.75) is 25.8 Å². The number of hydrogen-bond donors (Lipinski definition) is 0. The van der Waals surface area contributed by atoms with E-state index in [9.17, 15) is 0 Å². The molecule has 0 N–H and O–H groups in total. The van der Waals surface area contributed by atoms with Gasteiger partial charge in [-0.2, -0.15) is 0 Å². The van der Waals surface area contributed by atoms with Crippen LogP contribution in [0, 0.1) is 0 Å². The van der Waals surface area contributed by atoms with E-state index in [1.54, 1.807) is 0 Å². The van der Waals surface area contributed by atoms with E-state index in [1.807, 2.05) is 41.5 Å². The molecule has 0 aliphatic carbocycles. The van der Waals surface area contributed by atoms with Crippen molar-refractivity contribution in [3.8, 4) is 0 Å². The molecule has 2 rings (SSSR count). The lowest BCUT2D eigenvalue weighted by Gasteiger charge is -2.28. The molecule has 0 aromatic heterocycles. The summed E-state index contributed by atoms with van der Waals surface area (Å²) in [7, 11) is -0.660. The van der Waals surface area contributed by atoms with E-state index in [0.717, 1.165) is 11.4 Å². The molecule has 2 aromatic carbocycles. The Morgan fingerprint density at radius 2 is 1.21 bits per heavy atom. The molecule has 0 fully saturated rings. The van der Waals surface area contributed by atoms with Crippen LogP contribution in [0.2, 0.25) is 5.04 Å². The topological polar surface area (TPSA) is 12.5 Å². The molecule has 0 amide bonds. The summed E-state index contributed by atoms with van der Waals surface area (Å²) in [5.74, 6) is 0. The van der Waals surface area contributed by atoms with Gasteiger partial charge in [-0.3, -0.25) is 0 Å². The van der Waals surface area contributed by atoms with Crippen LogP contribution in [0.5, 0.6) is 0 Å². The summed E-state index contributed by atoms with van der Waals surface area (Å²) in [5, 5.41) is 2.22. The Morgan fingerprint density at radius 1 is 0.789 bits per heavy atom.